The number of anilines is 1. The number of nitrogens with one attached hydrogen (secondary N) is 1. The van der Waals surface area contributed by atoms with Gasteiger partial charge in [-0.1, -0.05) is 22.0 Å². The van der Waals surface area contributed by atoms with E-state index in [9.17, 15) is 9.90 Å². The van der Waals surface area contributed by atoms with Gasteiger partial charge >= 0.3 is 0 Å². The van der Waals surface area contributed by atoms with E-state index in [-0.39, 0.29) is 11.8 Å². The maximum absolute atomic E-state index is 11.6. The molecule has 110 valence electrons. The molecule has 1 aliphatic heterocycles. The molecule has 4 nitrogen and oxygen atoms in total. The molecule has 1 fully saturated rings. The smallest absolute Gasteiger partial charge is 0.222 e. The third kappa shape index (κ3) is 3.33. The summed E-state index contributed by atoms with van der Waals surface area (Å²) < 4.78 is 0.929. The van der Waals surface area contributed by atoms with Gasteiger partial charge in [0.15, 0.2) is 0 Å². The van der Waals surface area contributed by atoms with Crippen molar-refractivity contribution in [2.24, 2.45) is 5.92 Å². The van der Waals surface area contributed by atoms with Gasteiger partial charge in [0.05, 0.1) is 6.10 Å². The number of carbonyl (C=O) groups is 1. The third-order valence-corrected chi connectivity index (χ3v) is 4.60. The summed E-state index contributed by atoms with van der Waals surface area (Å²) in [5, 5.41) is 12.4. The third-order valence-electron chi connectivity index (χ3n) is 3.91. The first-order valence-electron chi connectivity index (χ1n) is 6.97. The van der Waals surface area contributed by atoms with E-state index in [1.165, 1.54) is 0 Å². The van der Waals surface area contributed by atoms with Crippen molar-refractivity contribution in [3.63, 3.8) is 0 Å². The minimum atomic E-state index is -0.475. The van der Waals surface area contributed by atoms with Crippen molar-refractivity contribution in [1.29, 1.82) is 0 Å². The molecule has 2 rings (SSSR count). The second-order valence-corrected chi connectivity index (χ2v) is 6.11. The Hall–Kier alpha value is -1.07. The molecule has 1 aromatic carbocycles. The Morgan fingerprint density at radius 1 is 1.45 bits per heavy atom. The van der Waals surface area contributed by atoms with E-state index < -0.39 is 6.10 Å². The molecule has 20 heavy (non-hydrogen) atoms. The van der Waals surface area contributed by atoms with Crippen LogP contribution in [0.15, 0.2) is 22.7 Å². The van der Waals surface area contributed by atoms with E-state index in [4.69, 9.17) is 0 Å². The molecule has 0 saturated carbocycles. The Labute approximate surface area is 128 Å². The average molecular weight is 341 g/mol. The molecular weight excluding hydrogens is 320 g/mol. The largest absolute Gasteiger partial charge is 0.389 e. The van der Waals surface area contributed by atoms with Crippen molar-refractivity contribution >= 4 is 27.5 Å². The van der Waals surface area contributed by atoms with Gasteiger partial charge in [0.1, 0.15) is 0 Å². The van der Waals surface area contributed by atoms with Crippen LogP contribution < -0.4 is 10.2 Å². The normalized spacial score (nSPS) is 17.9. The molecule has 5 heteroatoms. The molecule has 0 radical (unpaired) electrons. The number of hydrogen-bond donors (Lipinski definition) is 2. The summed E-state index contributed by atoms with van der Waals surface area (Å²) in [6, 6.07) is 6.03. The zero-order valence-corrected chi connectivity index (χ0v) is 13.5. The van der Waals surface area contributed by atoms with Crippen LogP contribution in [-0.2, 0) is 4.79 Å². The van der Waals surface area contributed by atoms with Crippen LogP contribution in [0.1, 0.15) is 31.4 Å². The van der Waals surface area contributed by atoms with Crippen molar-refractivity contribution in [1.82, 2.24) is 5.32 Å². The topological polar surface area (TPSA) is 52.6 Å². The first kappa shape index (κ1) is 15.3. The summed E-state index contributed by atoms with van der Waals surface area (Å²) in [5.41, 5.74) is 2.03. The average Bonchev–Trinajstić information content (AvgIpc) is 2.46. The highest BCUT2D eigenvalue weighted by Crippen LogP contribution is 2.30. The van der Waals surface area contributed by atoms with Crippen LogP contribution >= 0.6 is 15.9 Å². The predicted octanol–water partition coefficient (Wildman–Crippen LogP) is 2.46. The van der Waals surface area contributed by atoms with Crippen LogP contribution in [0.25, 0.3) is 0 Å². The van der Waals surface area contributed by atoms with Crippen LogP contribution in [-0.4, -0.2) is 31.2 Å². The molecule has 2 N–H and O–H groups in total. The number of rotatable bonds is 3. The Morgan fingerprint density at radius 2 is 2.10 bits per heavy atom. The fourth-order valence-electron chi connectivity index (χ4n) is 2.66. The van der Waals surface area contributed by atoms with E-state index in [2.05, 4.69) is 26.1 Å². The molecule has 1 heterocycles. The molecule has 1 amide bonds. The lowest BCUT2D eigenvalue weighted by atomic mass is 9.95. The Morgan fingerprint density at radius 3 is 2.60 bits per heavy atom. The first-order chi connectivity index (χ1) is 9.52. The van der Waals surface area contributed by atoms with Gasteiger partial charge in [-0.05, 0) is 37.5 Å². The summed E-state index contributed by atoms with van der Waals surface area (Å²) in [5.74, 6) is 0.284. The Bertz CT molecular complexity index is 483. The highest BCUT2D eigenvalue weighted by Gasteiger charge is 2.24. The van der Waals surface area contributed by atoms with Crippen molar-refractivity contribution in [2.45, 2.75) is 25.9 Å². The van der Waals surface area contributed by atoms with Crippen molar-refractivity contribution in [3.05, 3.63) is 28.2 Å². The highest BCUT2D eigenvalue weighted by atomic mass is 79.9. The molecule has 1 aromatic rings. The Balaban J connectivity index is 2.04. The number of nitrogens with zero attached hydrogens (tertiary/aromatic N) is 1. The zero-order chi connectivity index (χ0) is 14.7. The van der Waals surface area contributed by atoms with Crippen molar-refractivity contribution in [3.8, 4) is 0 Å². The fourth-order valence-corrected chi connectivity index (χ4v) is 3.35. The number of halogens is 1. The van der Waals surface area contributed by atoms with E-state index in [1.807, 2.05) is 18.2 Å². The number of piperidine rings is 1. The Kier molecular flexibility index (Phi) is 5.05. The maximum atomic E-state index is 11.6. The van der Waals surface area contributed by atoms with Crippen LogP contribution in [0.2, 0.25) is 0 Å². The molecule has 0 spiro atoms. The van der Waals surface area contributed by atoms with Gasteiger partial charge in [0.25, 0.3) is 0 Å². The van der Waals surface area contributed by atoms with E-state index >= 15 is 0 Å². The molecule has 0 aliphatic carbocycles. The number of benzene rings is 1. The minimum absolute atomic E-state index is 0.136. The monoisotopic (exact) mass is 340 g/mol. The molecule has 0 aromatic heterocycles. The van der Waals surface area contributed by atoms with Gasteiger partial charge in [-0.3, -0.25) is 4.79 Å². The highest BCUT2D eigenvalue weighted by molar-refractivity contribution is 9.10. The quantitative estimate of drug-likeness (QED) is 0.888. The number of aliphatic hydroxyl groups excluding tert-OH is 1. The van der Waals surface area contributed by atoms with Gasteiger partial charge in [-0.25, -0.2) is 0 Å². The second kappa shape index (κ2) is 6.59. The number of hydrogen-bond acceptors (Lipinski definition) is 3. The molecular formula is C15H21BrN2O2. The van der Waals surface area contributed by atoms with Crippen molar-refractivity contribution < 1.29 is 9.90 Å². The molecule has 0 unspecified atom stereocenters. The van der Waals surface area contributed by atoms with Crippen LogP contribution in [0.3, 0.4) is 0 Å². The lowest BCUT2D eigenvalue weighted by molar-refractivity contribution is -0.125. The van der Waals surface area contributed by atoms with E-state index in [0.29, 0.717) is 0 Å². The number of carbonyl (C=O) groups excluding carboxylic acids is 1. The van der Waals surface area contributed by atoms with Gasteiger partial charge in [-0.2, -0.15) is 0 Å². The predicted molar refractivity (Wildman–Crippen MR) is 83.8 cm³/mol. The van der Waals surface area contributed by atoms with Crippen LogP contribution in [0, 0.1) is 5.92 Å². The molecule has 0 bridgehead atoms. The van der Waals surface area contributed by atoms with Gasteiger partial charge < -0.3 is 15.3 Å². The summed E-state index contributed by atoms with van der Waals surface area (Å²) >= 11 is 3.51. The van der Waals surface area contributed by atoms with Crippen molar-refractivity contribution in [2.75, 3.05) is 25.0 Å². The van der Waals surface area contributed by atoms with Gasteiger partial charge in [-0.15, -0.1) is 0 Å². The lowest BCUT2D eigenvalue weighted by Crippen LogP contribution is -2.39. The standard InChI is InChI=1S/C15H21BrN2O2/c1-10(19)13-4-3-12(9-14(13)16)18-7-5-11(6-8-18)15(20)17-2/h3-4,9-11,19H,5-8H2,1-2H3,(H,17,20)/t10-/m1/s1. The van der Waals surface area contributed by atoms with Crippen LogP contribution in [0.4, 0.5) is 5.69 Å². The summed E-state index contributed by atoms with van der Waals surface area (Å²) in [7, 11) is 1.70. The number of aliphatic hydroxyl groups is 1. The maximum Gasteiger partial charge on any atom is 0.222 e. The number of amides is 1. The van der Waals surface area contributed by atoms with E-state index in [0.717, 1.165) is 41.7 Å². The summed E-state index contributed by atoms with van der Waals surface area (Å²) in [6.45, 7) is 3.53. The lowest BCUT2D eigenvalue weighted by Gasteiger charge is -2.33. The minimum Gasteiger partial charge on any atom is -0.389 e. The molecule has 1 atom stereocenters. The molecule has 1 aliphatic rings. The van der Waals surface area contributed by atoms with Crippen LogP contribution in [0.5, 0.6) is 0 Å². The molecule has 1 saturated heterocycles. The summed E-state index contributed by atoms with van der Waals surface area (Å²) in [4.78, 5) is 13.9. The summed E-state index contributed by atoms with van der Waals surface area (Å²) in [6.07, 6.45) is 1.29. The fraction of sp³-hybridized carbons (Fsp3) is 0.533. The second-order valence-electron chi connectivity index (χ2n) is 5.26. The van der Waals surface area contributed by atoms with Gasteiger partial charge in [0, 0.05) is 36.2 Å². The first-order valence-corrected chi connectivity index (χ1v) is 7.76. The SMILES string of the molecule is CNC(=O)C1CCN(c2ccc([C@@H](C)O)c(Br)c2)CC1. The van der Waals surface area contributed by atoms with E-state index in [1.54, 1.807) is 14.0 Å². The van der Waals surface area contributed by atoms with Gasteiger partial charge in [0.2, 0.25) is 5.91 Å². The zero-order valence-electron chi connectivity index (χ0n) is 11.9.